The summed E-state index contributed by atoms with van der Waals surface area (Å²) in [5.74, 6) is -2.38. The molecule has 0 heterocycles. The maximum atomic E-state index is 11.9. The largest absolute Gasteiger partial charge is 0.508 e. The molecule has 0 aliphatic heterocycles. The molecule has 0 radical (unpaired) electrons. The number of ether oxygens (including phenoxy) is 1. The SMILES string of the molecule is O=C(O)CN(C(=O)COCC(F)(F)F)c1ccc(O)cc1. The van der Waals surface area contributed by atoms with E-state index >= 15 is 0 Å². The Bertz CT molecular complexity index is 501. The number of nitrogens with zero attached hydrogens (tertiary/aromatic N) is 1. The fourth-order valence-corrected chi connectivity index (χ4v) is 1.42. The number of carbonyl (C=O) groups is 2. The minimum absolute atomic E-state index is 0.102. The summed E-state index contributed by atoms with van der Waals surface area (Å²) in [6.07, 6.45) is -4.57. The van der Waals surface area contributed by atoms with E-state index in [9.17, 15) is 22.8 Å². The topological polar surface area (TPSA) is 87.1 Å². The molecule has 1 aromatic carbocycles. The van der Waals surface area contributed by atoms with Crippen LogP contribution in [0.25, 0.3) is 0 Å². The Kier molecular flexibility index (Phi) is 5.53. The molecule has 6 nitrogen and oxygen atoms in total. The van der Waals surface area contributed by atoms with E-state index in [4.69, 9.17) is 10.2 Å². The van der Waals surface area contributed by atoms with Gasteiger partial charge in [-0.1, -0.05) is 0 Å². The predicted molar refractivity (Wildman–Crippen MR) is 65.0 cm³/mol. The molecule has 21 heavy (non-hydrogen) atoms. The van der Waals surface area contributed by atoms with E-state index in [0.717, 1.165) is 4.90 Å². The number of phenols is 1. The molecule has 0 saturated carbocycles. The number of alkyl halides is 3. The van der Waals surface area contributed by atoms with Gasteiger partial charge in [-0.25, -0.2) is 0 Å². The number of carbonyl (C=O) groups excluding carboxylic acids is 1. The summed E-state index contributed by atoms with van der Waals surface area (Å²) in [5, 5.41) is 17.9. The number of aromatic hydroxyl groups is 1. The number of anilines is 1. The van der Waals surface area contributed by atoms with Crippen molar-refractivity contribution in [3.63, 3.8) is 0 Å². The molecule has 0 unspecified atom stereocenters. The molecule has 0 fully saturated rings. The molecule has 0 saturated heterocycles. The molecule has 0 aromatic heterocycles. The van der Waals surface area contributed by atoms with Gasteiger partial charge in [0, 0.05) is 5.69 Å². The van der Waals surface area contributed by atoms with E-state index in [1.807, 2.05) is 0 Å². The highest BCUT2D eigenvalue weighted by Gasteiger charge is 2.28. The lowest BCUT2D eigenvalue weighted by atomic mass is 10.2. The number of phenolic OH excluding ortho intramolecular Hbond substituents is 1. The van der Waals surface area contributed by atoms with E-state index in [1.54, 1.807) is 0 Å². The van der Waals surface area contributed by atoms with E-state index in [1.165, 1.54) is 24.3 Å². The van der Waals surface area contributed by atoms with Gasteiger partial charge in [-0.05, 0) is 24.3 Å². The lowest BCUT2D eigenvalue weighted by Crippen LogP contribution is -2.38. The Morgan fingerprint density at radius 2 is 1.76 bits per heavy atom. The summed E-state index contributed by atoms with van der Waals surface area (Å²) < 4.78 is 39.9. The van der Waals surface area contributed by atoms with Crippen molar-refractivity contribution in [3.05, 3.63) is 24.3 Å². The van der Waals surface area contributed by atoms with Crippen molar-refractivity contribution in [2.75, 3.05) is 24.7 Å². The zero-order valence-electron chi connectivity index (χ0n) is 10.6. The predicted octanol–water partition coefficient (Wildman–Crippen LogP) is 1.39. The van der Waals surface area contributed by atoms with Crippen LogP contribution in [0.5, 0.6) is 5.75 Å². The van der Waals surface area contributed by atoms with Crippen LogP contribution in [-0.2, 0) is 14.3 Å². The van der Waals surface area contributed by atoms with E-state index in [2.05, 4.69) is 4.74 Å². The molecule has 1 rings (SSSR count). The number of carboxylic acid groups (broad SMARTS) is 1. The van der Waals surface area contributed by atoms with Crippen LogP contribution in [0.4, 0.5) is 18.9 Å². The van der Waals surface area contributed by atoms with E-state index < -0.39 is 37.8 Å². The van der Waals surface area contributed by atoms with Gasteiger partial charge < -0.3 is 14.9 Å². The van der Waals surface area contributed by atoms with Gasteiger partial charge >= 0.3 is 12.1 Å². The first-order valence-corrected chi connectivity index (χ1v) is 5.65. The first kappa shape index (κ1) is 16.8. The molecule has 9 heteroatoms. The Hall–Kier alpha value is -2.29. The number of benzene rings is 1. The quantitative estimate of drug-likeness (QED) is 0.829. The van der Waals surface area contributed by atoms with Crippen molar-refractivity contribution in [1.29, 1.82) is 0 Å². The van der Waals surface area contributed by atoms with Gasteiger partial charge in [-0.3, -0.25) is 14.5 Å². The van der Waals surface area contributed by atoms with Gasteiger partial charge in [-0.2, -0.15) is 13.2 Å². The smallest absolute Gasteiger partial charge is 0.411 e. The number of amides is 1. The highest BCUT2D eigenvalue weighted by molar-refractivity contribution is 5.98. The molecule has 1 amide bonds. The van der Waals surface area contributed by atoms with Crippen molar-refractivity contribution in [3.8, 4) is 5.75 Å². The second-order valence-electron chi connectivity index (χ2n) is 4.00. The summed E-state index contributed by atoms with van der Waals surface area (Å²) in [6, 6.07) is 4.96. The maximum Gasteiger partial charge on any atom is 0.411 e. The summed E-state index contributed by atoms with van der Waals surface area (Å²) in [5.41, 5.74) is 0.121. The monoisotopic (exact) mass is 307 g/mol. The number of hydrogen-bond acceptors (Lipinski definition) is 4. The number of rotatable bonds is 6. The van der Waals surface area contributed by atoms with Crippen molar-refractivity contribution in [1.82, 2.24) is 0 Å². The zero-order chi connectivity index (χ0) is 16.0. The van der Waals surface area contributed by atoms with Crippen LogP contribution in [0.3, 0.4) is 0 Å². The Morgan fingerprint density at radius 1 is 1.19 bits per heavy atom. The standard InChI is InChI=1S/C12H12F3NO5/c13-12(14,15)7-21-6-10(18)16(5-11(19)20)8-1-3-9(17)4-2-8/h1-4,17H,5-7H2,(H,19,20). The van der Waals surface area contributed by atoms with Gasteiger partial charge in [0.25, 0.3) is 5.91 Å². The number of aliphatic carboxylic acids is 1. The number of hydrogen-bond donors (Lipinski definition) is 2. The second kappa shape index (κ2) is 6.93. The van der Waals surface area contributed by atoms with Crippen LogP contribution in [0, 0.1) is 0 Å². The summed E-state index contributed by atoms with van der Waals surface area (Å²) in [4.78, 5) is 23.2. The Labute approximate surface area is 117 Å². The van der Waals surface area contributed by atoms with Gasteiger partial charge in [0.05, 0.1) is 0 Å². The second-order valence-corrected chi connectivity index (χ2v) is 4.00. The van der Waals surface area contributed by atoms with Crippen LogP contribution in [0.1, 0.15) is 0 Å². The molecular weight excluding hydrogens is 295 g/mol. The highest BCUT2D eigenvalue weighted by atomic mass is 19.4. The van der Waals surface area contributed by atoms with Gasteiger partial charge in [0.1, 0.15) is 25.5 Å². The first-order chi connectivity index (χ1) is 9.69. The third-order valence-electron chi connectivity index (χ3n) is 2.25. The molecular formula is C12H12F3NO5. The normalized spacial score (nSPS) is 11.2. The molecule has 0 aliphatic carbocycles. The number of carboxylic acids is 1. The minimum Gasteiger partial charge on any atom is -0.508 e. The molecule has 0 atom stereocenters. The van der Waals surface area contributed by atoms with E-state index in [-0.39, 0.29) is 11.4 Å². The lowest BCUT2D eigenvalue weighted by Gasteiger charge is -2.21. The average Bonchev–Trinajstić information content (AvgIpc) is 2.35. The summed E-state index contributed by atoms with van der Waals surface area (Å²) in [7, 11) is 0. The van der Waals surface area contributed by atoms with Crippen molar-refractivity contribution in [2.45, 2.75) is 6.18 Å². The van der Waals surface area contributed by atoms with Gasteiger partial charge in [0.15, 0.2) is 0 Å². The fourth-order valence-electron chi connectivity index (χ4n) is 1.42. The molecule has 116 valence electrons. The maximum absolute atomic E-state index is 11.9. The third kappa shape index (κ3) is 6.13. The summed E-state index contributed by atoms with van der Waals surface area (Å²) in [6.45, 7) is -3.25. The third-order valence-corrected chi connectivity index (χ3v) is 2.25. The molecule has 2 N–H and O–H groups in total. The fraction of sp³-hybridized carbons (Fsp3) is 0.333. The molecule has 1 aromatic rings. The minimum atomic E-state index is -4.57. The molecule has 0 bridgehead atoms. The van der Waals surface area contributed by atoms with Crippen LogP contribution in [0.2, 0.25) is 0 Å². The van der Waals surface area contributed by atoms with Crippen molar-refractivity contribution >= 4 is 17.6 Å². The Balaban J connectivity index is 2.75. The molecule has 0 aliphatic rings. The lowest BCUT2D eigenvalue weighted by molar-refractivity contribution is -0.175. The van der Waals surface area contributed by atoms with Crippen LogP contribution in [-0.4, -0.2) is 48.0 Å². The van der Waals surface area contributed by atoms with Crippen molar-refractivity contribution < 1.29 is 37.7 Å². The molecule has 0 spiro atoms. The average molecular weight is 307 g/mol. The van der Waals surface area contributed by atoms with Gasteiger partial charge in [0.2, 0.25) is 0 Å². The van der Waals surface area contributed by atoms with Crippen LogP contribution < -0.4 is 4.90 Å². The van der Waals surface area contributed by atoms with Crippen LogP contribution in [0.15, 0.2) is 24.3 Å². The zero-order valence-corrected chi connectivity index (χ0v) is 10.6. The van der Waals surface area contributed by atoms with Gasteiger partial charge in [-0.15, -0.1) is 0 Å². The van der Waals surface area contributed by atoms with Crippen LogP contribution >= 0.6 is 0 Å². The Morgan fingerprint density at radius 3 is 2.24 bits per heavy atom. The number of halogens is 3. The van der Waals surface area contributed by atoms with E-state index in [0.29, 0.717) is 0 Å². The first-order valence-electron chi connectivity index (χ1n) is 5.65. The highest BCUT2D eigenvalue weighted by Crippen LogP contribution is 2.19. The van der Waals surface area contributed by atoms with Crippen molar-refractivity contribution in [2.24, 2.45) is 0 Å². The summed E-state index contributed by atoms with van der Waals surface area (Å²) >= 11 is 0.